The fraction of sp³-hybridized carbons (Fsp3) is 0.611. The Kier molecular flexibility index (Phi) is 5.33. The number of rotatable bonds is 5. The summed E-state index contributed by atoms with van der Waals surface area (Å²) >= 11 is 0. The molecule has 120 valence electrons. The number of fused-ring (bicyclic) bond motifs is 1. The van der Waals surface area contributed by atoms with Gasteiger partial charge in [-0.05, 0) is 81.8 Å². The molecule has 2 aliphatic rings. The summed E-state index contributed by atoms with van der Waals surface area (Å²) in [5.41, 5.74) is 10.1. The number of nitrogens with one attached hydrogen (secondary N) is 1. The molecule has 0 bridgehead atoms. The number of likely N-dealkylation sites (tertiary alicyclic amines) is 1. The maximum Gasteiger partial charge on any atom is 0.193 e. The Morgan fingerprint density at radius 1 is 1.14 bits per heavy atom. The summed E-state index contributed by atoms with van der Waals surface area (Å²) in [6.07, 6.45) is 8.72. The summed E-state index contributed by atoms with van der Waals surface area (Å²) in [6, 6.07) is 6.48. The van der Waals surface area contributed by atoms with Crippen LogP contribution in [0.4, 0.5) is 5.69 Å². The van der Waals surface area contributed by atoms with Crippen LogP contribution in [0.15, 0.2) is 23.2 Å². The zero-order chi connectivity index (χ0) is 15.2. The van der Waals surface area contributed by atoms with Crippen LogP contribution >= 0.6 is 0 Å². The number of anilines is 1. The smallest absolute Gasteiger partial charge is 0.193 e. The van der Waals surface area contributed by atoms with Crippen molar-refractivity contribution < 1.29 is 0 Å². The largest absolute Gasteiger partial charge is 0.370 e. The molecule has 0 unspecified atom stereocenters. The predicted octanol–water partition coefficient (Wildman–Crippen LogP) is 2.78. The Hall–Kier alpha value is -1.55. The van der Waals surface area contributed by atoms with Crippen molar-refractivity contribution in [3.63, 3.8) is 0 Å². The van der Waals surface area contributed by atoms with Crippen molar-refractivity contribution in [3.05, 3.63) is 29.3 Å². The number of hydrogen-bond acceptors (Lipinski definition) is 2. The van der Waals surface area contributed by atoms with E-state index in [9.17, 15) is 0 Å². The van der Waals surface area contributed by atoms with Crippen LogP contribution in [0.1, 0.15) is 43.2 Å². The summed E-state index contributed by atoms with van der Waals surface area (Å²) in [5, 5.41) is 3.31. The highest BCUT2D eigenvalue weighted by molar-refractivity contribution is 5.93. The summed E-state index contributed by atoms with van der Waals surface area (Å²) < 4.78 is 0. The van der Waals surface area contributed by atoms with E-state index in [0.29, 0.717) is 5.96 Å². The van der Waals surface area contributed by atoms with E-state index in [2.05, 4.69) is 33.4 Å². The molecule has 1 aromatic carbocycles. The Balaban J connectivity index is 1.50. The lowest BCUT2D eigenvalue weighted by molar-refractivity contribution is 0.336. The van der Waals surface area contributed by atoms with E-state index in [1.807, 2.05) is 0 Å². The Bertz CT molecular complexity index is 518. The molecular weight excluding hydrogens is 272 g/mol. The first-order chi connectivity index (χ1) is 10.8. The molecule has 0 aromatic heterocycles. The Morgan fingerprint density at radius 2 is 1.95 bits per heavy atom. The average Bonchev–Trinajstić information content (AvgIpc) is 3.05. The molecule has 1 aromatic rings. The van der Waals surface area contributed by atoms with Crippen LogP contribution in [-0.2, 0) is 12.8 Å². The summed E-state index contributed by atoms with van der Waals surface area (Å²) in [4.78, 5) is 7.01. The molecule has 4 heteroatoms. The third kappa shape index (κ3) is 4.01. The van der Waals surface area contributed by atoms with Crippen molar-refractivity contribution in [2.75, 3.05) is 31.5 Å². The highest BCUT2D eigenvalue weighted by Gasteiger charge is 2.13. The van der Waals surface area contributed by atoms with Crippen molar-refractivity contribution in [2.45, 2.75) is 44.9 Å². The number of nitrogens with zero attached hydrogens (tertiary/aromatic N) is 2. The molecular formula is C18H28N4. The highest BCUT2D eigenvalue weighted by atomic mass is 15.1. The van der Waals surface area contributed by atoms with E-state index < -0.39 is 0 Å². The van der Waals surface area contributed by atoms with Gasteiger partial charge in [0, 0.05) is 12.2 Å². The molecule has 3 rings (SSSR count). The molecule has 1 aliphatic heterocycles. The average molecular weight is 300 g/mol. The fourth-order valence-corrected chi connectivity index (χ4v) is 3.58. The number of benzene rings is 1. The lowest BCUT2D eigenvalue weighted by atomic mass is 9.90. The molecule has 0 spiro atoms. The number of hydrogen-bond donors (Lipinski definition) is 2. The number of aliphatic imine (C=N–C) groups is 1. The Morgan fingerprint density at radius 3 is 2.82 bits per heavy atom. The third-order valence-electron chi connectivity index (χ3n) is 4.77. The van der Waals surface area contributed by atoms with E-state index in [4.69, 9.17) is 5.73 Å². The second kappa shape index (κ2) is 7.63. The van der Waals surface area contributed by atoms with Gasteiger partial charge in [-0.2, -0.15) is 0 Å². The first-order valence-electron chi connectivity index (χ1n) is 8.73. The molecule has 0 radical (unpaired) electrons. The first kappa shape index (κ1) is 15.3. The number of aryl methyl sites for hydroxylation is 1. The van der Waals surface area contributed by atoms with Crippen molar-refractivity contribution >= 4 is 11.6 Å². The number of nitrogens with two attached hydrogens (primary N) is 1. The molecule has 0 atom stereocenters. The molecule has 1 heterocycles. The van der Waals surface area contributed by atoms with Gasteiger partial charge in [0.15, 0.2) is 5.96 Å². The maximum atomic E-state index is 6.06. The molecule has 4 nitrogen and oxygen atoms in total. The fourth-order valence-electron chi connectivity index (χ4n) is 3.58. The topological polar surface area (TPSA) is 53.6 Å². The van der Waals surface area contributed by atoms with Gasteiger partial charge in [-0.25, -0.2) is 0 Å². The zero-order valence-corrected chi connectivity index (χ0v) is 13.5. The van der Waals surface area contributed by atoms with Crippen LogP contribution in [0, 0.1) is 0 Å². The first-order valence-corrected chi connectivity index (χ1v) is 8.73. The van der Waals surface area contributed by atoms with Crippen LogP contribution in [0.5, 0.6) is 0 Å². The van der Waals surface area contributed by atoms with Gasteiger partial charge in [-0.3, -0.25) is 4.99 Å². The standard InChI is InChI=1S/C18H28N4/c19-18(20-11-6-14-22-12-3-4-13-22)21-17-10-5-8-15-7-1-2-9-16(15)17/h5,8,10H,1-4,6-7,9,11-14H2,(H3,19,20,21). The highest BCUT2D eigenvalue weighted by Crippen LogP contribution is 2.27. The van der Waals surface area contributed by atoms with Crippen LogP contribution in [0.3, 0.4) is 0 Å². The normalized spacial score (nSPS) is 19.2. The van der Waals surface area contributed by atoms with E-state index in [-0.39, 0.29) is 0 Å². The molecule has 22 heavy (non-hydrogen) atoms. The minimum atomic E-state index is 0.556. The van der Waals surface area contributed by atoms with Crippen LogP contribution in [-0.4, -0.2) is 37.0 Å². The van der Waals surface area contributed by atoms with Crippen LogP contribution in [0.25, 0.3) is 0 Å². The van der Waals surface area contributed by atoms with Gasteiger partial charge in [0.2, 0.25) is 0 Å². The van der Waals surface area contributed by atoms with E-state index in [0.717, 1.165) is 31.6 Å². The van der Waals surface area contributed by atoms with E-state index in [1.54, 1.807) is 0 Å². The SMILES string of the molecule is NC(=NCCCN1CCCC1)Nc1cccc2c1CCCC2. The second-order valence-electron chi connectivity index (χ2n) is 6.44. The minimum Gasteiger partial charge on any atom is -0.370 e. The van der Waals surface area contributed by atoms with Crippen molar-refractivity contribution in [1.82, 2.24) is 4.90 Å². The molecule has 0 amide bonds. The molecule has 1 saturated heterocycles. The predicted molar refractivity (Wildman–Crippen MR) is 93.5 cm³/mol. The van der Waals surface area contributed by atoms with Gasteiger partial charge in [-0.1, -0.05) is 12.1 Å². The lowest BCUT2D eigenvalue weighted by Crippen LogP contribution is -2.25. The van der Waals surface area contributed by atoms with Gasteiger partial charge >= 0.3 is 0 Å². The van der Waals surface area contributed by atoms with Crippen molar-refractivity contribution in [2.24, 2.45) is 10.7 Å². The number of guanidine groups is 1. The van der Waals surface area contributed by atoms with E-state index >= 15 is 0 Å². The molecule has 1 aliphatic carbocycles. The van der Waals surface area contributed by atoms with Gasteiger partial charge in [0.05, 0.1) is 0 Å². The maximum absolute atomic E-state index is 6.06. The van der Waals surface area contributed by atoms with E-state index in [1.165, 1.54) is 56.3 Å². The lowest BCUT2D eigenvalue weighted by Gasteiger charge is -2.19. The summed E-state index contributed by atoms with van der Waals surface area (Å²) in [7, 11) is 0. The van der Waals surface area contributed by atoms with Gasteiger partial charge in [0.25, 0.3) is 0 Å². The molecule has 1 fully saturated rings. The molecule has 3 N–H and O–H groups in total. The van der Waals surface area contributed by atoms with Gasteiger partial charge in [-0.15, -0.1) is 0 Å². The molecule has 0 saturated carbocycles. The van der Waals surface area contributed by atoms with Crippen LogP contribution in [0.2, 0.25) is 0 Å². The van der Waals surface area contributed by atoms with Crippen molar-refractivity contribution in [1.29, 1.82) is 0 Å². The summed E-state index contributed by atoms with van der Waals surface area (Å²) in [6.45, 7) is 4.48. The van der Waals surface area contributed by atoms with Gasteiger partial charge in [0.1, 0.15) is 0 Å². The summed E-state index contributed by atoms with van der Waals surface area (Å²) in [5.74, 6) is 0.556. The van der Waals surface area contributed by atoms with Crippen LogP contribution < -0.4 is 11.1 Å². The van der Waals surface area contributed by atoms with Gasteiger partial charge < -0.3 is 16.0 Å². The Labute approximate surface area is 133 Å². The zero-order valence-electron chi connectivity index (χ0n) is 13.5. The monoisotopic (exact) mass is 300 g/mol. The quantitative estimate of drug-likeness (QED) is 0.499. The van der Waals surface area contributed by atoms with Crippen molar-refractivity contribution in [3.8, 4) is 0 Å². The second-order valence-corrected chi connectivity index (χ2v) is 6.44. The minimum absolute atomic E-state index is 0.556. The third-order valence-corrected chi connectivity index (χ3v) is 4.77.